The van der Waals surface area contributed by atoms with E-state index in [1.54, 1.807) is 0 Å². The van der Waals surface area contributed by atoms with Crippen molar-refractivity contribution in [2.24, 2.45) is 0 Å². The van der Waals surface area contributed by atoms with Gasteiger partial charge in [0.1, 0.15) is 6.61 Å². The summed E-state index contributed by atoms with van der Waals surface area (Å²) >= 11 is 0. The Morgan fingerprint density at radius 2 is 2.05 bits per heavy atom. The predicted octanol–water partition coefficient (Wildman–Crippen LogP) is -0.508. The van der Waals surface area contributed by atoms with Crippen LogP contribution < -0.4 is 10.6 Å². The number of ether oxygens (including phenoxy) is 1. The lowest BCUT2D eigenvalue weighted by molar-refractivity contribution is -0.134. The van der Waals surface area contributed by atoms with Crippen LogP contribution in [0.4, 0.5) is 0 Å². The molecule has 2 rings (SSSR count). The molecule has 0 aromatic heterocycles. The Kier molecular flexibility index (Phi) is 5.15. The highest BCUT2D eigenvalue weighted by Crippen LogP contribution is 2.15. The topological polar surface area (TPSA) is 70.7 Å². The summed E-state index contributed by atoms with van der Waals surface area (Å²) in [5, 5.41) is 6.17. The van der Waals surface area contributed by atoms with Gasteiger partial charge in [-0.1, -0.05) is 0 Å². The molecule has 2 heterocycles. The minimum atomic E-state index is -0.0789. The second-order valence-corrected chi connectivity index (χ2v) is 5.25. The van der Waals surface area contributed by atoms with Crippen LogP contribution >= 0.6 is 0 Å². The van der Waals surface area contributed by atoms with Crippen molar-refractivity contribution in [3.63, 3.8) is 0 Å². The van der Waals surface area contributed by atoms with Crippen LogP contribution in [0.1, 0.15) is 25.7 Å². The van der Waals surface area contributed by atoms with E-state index in [0.29, 0.717) is 0 Å². The van der Waals surface area contributed by atoms with Crippen LogP contribution in [-0.4, -0.2) is 62.1 Å². The average Bonchev–Trinajstić information content (AvgIpc) is 2.93. The molecule has 0 aliphatic carbocycles. The lowest BCUT2D eigenvalue weighted by Crippen LogP contribution is -2.51. The van der Waals surface area contributed by atoms with Crippen molar-refractivity contribution in [2.75, 3.05) is 33.4 Å². The summed E-state index contributed by atoms with van der Waals surface area (Å²) in [6, 6.07) is 0.183. The molecule has 2 N–H and O–H groups in total. The molecule has 6 heteroatoms. The Labute approximate surface area is 113 Å². The fourth-order valence-electron chi connectivity index (χ4n) is 2.76. The van der Waals surface area contributed by atoms with Gasteiger partial charge >= 0.3 is 0 Å². The molecule has 108 valence electrons. The van der Waals surface area contributed by atoms with Gasteiger partial charge in [0.25, 0.3) is 0 Å². The van der Waals surface area contributed by atoms with E-state index in [1.165, 1.54) is 7.11 Å². The van der Waals surface area contributed by atoms with E-state index in [0.717, 1.165) is 45.3 Å². The number of amides is 2. The Hall–Kier alpha value is -1.14. The molecule has 1 atom stereocenters. The van der Waals surface area contributed by atoms with Crippen molar-refractivity contribution in [1.29, 1.82) is 0 Å². The van der Waals surface area contributed by atoms with Gasteiger partial charge in [-0.25, -0.2) is 0 Å². The highest BCUT2D eigenvalue weighted by molar-refractivity contribution is 5.82. The molecule has 0 bridgehead atoms. The van der Waals surface area contributed by atoms with E-state index in [-0.39, 0.29) is 30.5 Å². The summed E-state index contributed by atoms with van der Waals surface area (Å²) in [6.45, 7) is 2.51. The first kappa shape index (κ1) is 14.3. The molecule has 19 heavy (non-hydrogen) atoms. The molecule has 0 aromatic carbocycles. The molecular formula is C13H23N3O3. The van der Waals surface area contributed by atoms with Crippen molar-refractivity contribution in [3.8, 4) is 0 Å². The van der Waals surface area contributed by atoms with Crippen LogP contribution in [0, 0.1) is 0 Å². The van der Waals surface area contributed by atoms with Crippen LogP contribution in [0.3, 0.4) is 0 Å². The van der Waals surface area contributed by atoms with Crippen LogP contribution in [-0.2, 0) is 14.3 Å². The van der Waals surface area contributed by atoms with Gasteiger partial charge in [-0.2, -0.15) is 0 Å². The van der Waals surface area contributed by atoms with E-state index in [4.69, 9.17) is 4.74 Å². The predicted molar refractivity (Wildman–Crippen MR) is 70.6 cm³/mol. The van der Waals surface area contributed by atoms with E-state index < -0.39 is 0 Å². The zero-order chi connectivity index (χ0) is 13.7. The highest BCUT2D eigenvalue weighted by Gasteiger charge is 2.30. The van der Waals surface area contributed by atoms with Crippen molar-refractivity contribution in [2.45, 2.75) is 37.8 Å². The first-order valence-corrected chi connectivity index (χ1v) is 7.01. The van der Waals surface area contributed by atoms with Crippen LogP contribution in [0.2, 0.25) is 0 Å². The van der Waals surface area contributed by atoms with Crippen LogP contribution in [0.15, 0.2) is 0 Å². The lowest BCUT2D eigenvalue weighted by Gasteiger charge is -2.33. The largest absolute Gasteiger partial charge is 0.375 e. The molecule has 0 radical (unpaired) electrons. The summed E-state index contributed by atoms with van der Waals surface area (Å²) in [5.74, 6) is 0.143. The van der Waals surface area contributed by atoms with E-state index in [1.807, 2.05) is 4.90 Å². The van der Waals surface area contributed by atoms with Crippen molar-refractivity contribution in [3.05, 3.63) is 0 Å². The Balaban J connectivity index is 1.72. The second-order valence-electron chi connectivity index (χ2n) is 5.25. The smallest absolute Gasteiger partial charge is 0.246 e. The number of hydrogen-bond donors (Lipinski definition) is 2. The molecule has 2 fully saturated rings. The summed E-state index contributed by atoms with van der Waals surface area (Å²) in [5.41, 5.74) is 0. The first-order valence-electron chi connectivity index (χ1n) is 7.01. The van der Waals surface area contributed by atoms with Gasteiger partial charge in [0.2, 0.25) is 11.8 Å². The van der Waals surface area contributed by atoms with Crippen molar-refractivity contribution < 1.29 is 14.3 Å². The summed E-state index contributed by atoms with van der Waals surface area (Å²) < 4.78 is 4.79. The average molecular weight is 269 g/mol. The maximum atomic E-state index is 12.2. The quantitative estimate of drug-likeness (QED) is 0.721. The molecule has 2 amide bonds. The van der Waals surface area contributed by atoms with Gasteiger partial charge in [0, 0.05) is 26.2 Å². The van der Waals surface area contributed by atoms with Gasteiger partial charge < -0.3 is 20.3 Å². The molecule has 2 aliphatic rings. The molecule has 2 aliphatic heterocycles. The Bertz CT molecular complexity index is 321. The highest BCUT2D eigenvalue weighted by atomic mass is 16.5. The maximum absolute atomic E-state index is 12.2. The maximum Gasteiger partial charge on any atom is 0.246 e. The first-order chi connectivity index (χ1) is 9.20. The van der Waals surface area contributed by atoms with E-state index >= 15 is 0 Å². The number of nitrogens with one attached hydrogen (secondary N) is 2. The number of rotatable bonds is 4. The Morgan fingerprint density at radius 3 is 2.63 bits per heavy atom. The van der Waals surface area contributed by atoms with Crippen molar-refractivity contribution in [1.82, 2.24) is 15.5 Å². The monoisotopic (exact) mass is 269 g/mol. The third kappa shape index (κ3) is 3.91. The number of carbonyl (C=O) groups excluding carboxylic acids is 2. The minimum Gasteiger partial charge on any atom is -0.375 e. The standard InChI is InChI=1S/C13H23N3O3/c1-19-9-12(17)15-10-4-7-16(8-5-10)13(18)11-3-2-6-14-11/h10-11,14H,2-9H2,1H3,(H,15,17)/t11-/m1/s1. The third-order valence-corrected chi connectivity index (χ3v) is 3.81. The van der Waals surface area contributed by atoms with E-state index in [9.17, 15) is 9.59 Å². The third-order valence-electron chi connectivity index (χ3n) is 3.81. The number of methoxy groups -OCH3 is 1. The molecule has 0 aromatic rings. The van der Waals surface area contributed by atoms with Gasteiger partial charge in [-0.05, 0) is 32.2 Å². The molecule has 0 spiro atoms. The van der Waals surface area contributed by atoms with E-state index in [2.05, 4.69) is 10.6 Å². The second kappa shape index (κ2) is 6.86. The van der Waals surface area contributed by atoms with Gasteiger partial charge in [-0.15, -0.1) is 0 Å². The zero-order valence-corrected chi connectivity index (χ0v) is 11.5. The summed E-state index contributed by atoms with van der Waals surface area (Å²) in [7, 11) is 1.51. The van der Waals surface area contributed by atoms with Crippen molar-refractivity contribution >= 4 is 11.8 Å². The fourth-order valence-corrected chi connectivity index (χ4v) is 2.76. The van der Waals surface area contributed by atoms with Crippen LogP contribution in [0.25, 0.3) is 0 Å². The normalized spacial score (nSPS) is 24.5. The molecule has 6 nitrogen and oxygen atoms in total. The van der Waals surface area contributed by atoms with Crippen LogP contribution in [0.5, 0.6) is 0 Å². The number of nitrogens with zero attached hydrogens (tertiary/aromatic N) is 1. The SMILES string of the molecule is COCC(=O)NC1CCN(C(=O)[C@H]2CCCN2)CC1. The number of piperidine rings is 1. The lowest BCUT2D eigenvalue weighted by atomic mass is 10.0. The van der Waals surface area contributed by atoms with Gasteiger partial charge in [0.05, 0.1) is 6.04 Å². The van der Waals surface area contributed by atoms with Gasteiger partial charge in [-0.3, -0.25) is 9.59 Å². The number of likely N-dealkylation sites (tertiary alicyclic amines) is 1. The molecular weight excluding hydrogens is 246 g/mol. The minimum absolute atomic E-state index is 0.0135. The Morgan fingerprint density at radius 1 is 1.32 bits per heavy atom. The molecule has 0 saturated carbocycles. The zero-order valence-electron chi connectivity index (χ0n) is 11.5. The summed E-state index contributed by atoms with van der Waals surface area (Å²) in [6.07, 6.45) is 3.69. The number of hydrogen-bond acceptors (Lipinski definition) is 4. The van der Waals surface area contributed by atoms with Gasteiger partial charge in [0.15, 0.2) is 0 Å². The molecule has 2 saturated heterocycles. The fraction of sp³-hybridized carbons (Fsp3) is 0.846. The number of carbonyl (C=O) groups is 2. The summed E-state index contributed by atoms with van der Waals surface area (Å²) in [4.78, 5) is 25.5. The molecule has 0 unspecified atom stereocenters.